The van der Waals surface area contributed by atoms with Crippen molar-refractivity contribution in [2.45, 2.75) is 19.3 Å². The number of amides is 1. The number of carbonyl (C=O) groups is 2. The van der Waals surface area contributed by atoms with Crippen LogP contribution in [0.4, 0.5) is 4.39 Å². The van der Waals surface area contributed by atoms with Gasteiger partial charge in [0.15, 0.2) is 0 Å². The summed E-state index contributed by atoms with van der Waals surface area (Å²) in [6, 6.07) is 6.03. The van der Waals surface area contributed by atoms with Crippen molar-refractivity contribution in [3.8, 4) is 0 Å². The third kappa shape index (κ3) is 3.62. The molecule has 1 unspecified atom stereocenters. The number of aryl methyl sites for hydroxylation is 1. The van der Waals surface area contributed by atoms with Gasteiger partial charge >= 0.3 is 5.97 Å². The van der Waals surface area contributed by atoms with Crippen molar-refractivity contribution in [3.63, 3.8) is 0 Å². The highest BCUT2D eigenvalue weighted by Crippen LogP contribution is 2.31. The van der Waals surface area contributed by atoms with Crippen LogP contribution in [0.25, 0.3) is 0 Å². The first-order chi connectivity index (χ1) is 10.5. The summed E-state index contributed by atoms with van der Waals surface area (Å²) in [5.74, 6) is -1.31. The van der Waals surface area contributed by atoms with Gasteiger partial charge in [-0.15, -0.1) is 0 Å². The number of hydrogen-bond acceptors (Lipinski definition) is 3. The number of benzene rings is 1. The van der Waals surface area contributed by atoms with Crippen LogP contribution in [0.5, 0.6) is 0 Å². The average Bonchev–Trinajstić information content (AvgIpc) is 2.92. The summed E-state index contributed by atoms with van der Waals surface area (Å²) in [7, 11) is 1.46. The fourth-order valence-electron chi connectivity index (χ4n) is 2.78. The lowest BCUT2D eigenvalue weighted by atomic mass is 9.88. The number of aliphatic carboxylic acids is 1. The largest absolute Gasteiger partial charge is 0.481 e. The van der Waals surface area contributed by atoms with Crippen LogP contribution in [-0.2, 0) is 20.7 Å². The van der Waals surface area contributed by atoms with Crippen LogP contribution in [-0.4, -0.2) is 48.7 Å². The molecule has 1 aliphatic heterocycles. The van der Waals surface area contributed by atoms with Gasteiger partial charge in [0.05, 0.1) is 6.61 Å². The van der Waals surface area contributed by atoms with Gasteiger partial charge in [0.1, 0.15) is 11.2 Å². The molecule has 1 fully saturated rings. The second-order valence-electron chi connectivity index (χ2n) is 5.71. The Bertz CT molecular complexity index is 546. The third-order valence-electron chi connectivity index (χ3n) is 4.12. The minimum atomic E-state index is -1.000. The van der Waals surface area contributed by atoms with E-state index < -0.39 is 11.4 Å². The molecule has 0 bridgehead atoms. The lowest BCUT2D eigenvalue weighted by Gasteiger charge is -2.23. The zero-order chi connectivity index (χ0) is 16.2. The number of carboxylic acid groups (broad SMARTS) is 1. The van der Waals surface area contributed by atoms with Crippen LogP contribution in [0.3, 0.4) is 0 Å². The van der Waals surface area contributed by atoms with E-state index in [2.05, 4.69) is 0 Å². The Morgan fingerprint density at radius 1 is 1.36 bits per heavy atom. The van der Waals surface area contributed by atoms with Gasteiger partial charge in [0.2, 0.25) is 5.91 Å². The molecule has 1 N–H and O–H groups in total. The summed E-state index contributed by atoms with van der Waals surface area (Å²) in [5.41, 5.74) is -0.115. The molecule has 1 saturated heterocycles. The minimum absolute atomic E-state index is 0.0800. The highest BCUT2D eigenvalue weighted by atomic mass is 19.1. The van der Waals surface area contributed by atoms with Crippen molar-refractivity contribution in [3.05, 3.63) is 35.6 Å². The Morgan fingerprint density at radius 2 is 2.05 bits per heavy atom. The molecule has 0 saturated carbocycles. The van der Waals surface area contributed by atoms with Crippen LogP contribution < -0.4 is 0 Å². The number of likely N-dealkylation sites (tertiary alicyclic amines) is 1. The minimum Gasteiger partial charge on any atom is -0.481 e. The average molecular weight is 309 g/mol. The van der Waals surface area contributed by atoms with E-state index in [9.17, 15) is 19.1 Å². The summed E-state index contributed by atoms with van der Waals surface area (Å²) in [5, 5.41) is 9.37. The molecule has 6 heteroatoms. The van der Waals surface area contributed by atoms with Crippen molar-refractivity contribution < 1.29 is 23.8 Å². The maximum absolute atomic E-state index is 12.8. The summed E-state index contributed by atoms with van der Waals surface area (Å²) < 4.78 is 17.8. The molecular weight excluding hydrogens is 289 g/mol. The number of ether oxygens (including phenoxy) is 1. The van der Waals surface area contributed by atoms with Crippen LogP contribution in [0, 0.1) is 11.2 Å². The molecule has 22 heavy (non-hydrogen) atoms. The topological polar surface area (TPSA) is 66.8 Å². The number of carboxylic acids is 1. The molecular formula is C16H20FNO4. The SMILES string of the molecule is COCC1(C(=O)O)CCN(C(=O)CCc2ccc(F)cc2)C1. The molecule has 0 aromatic heterocycles. The summed E-state index contributed by atoms with van der Waals surface area (Å²) in [6.07, 6.45) is 1.20. The van der Waals surface area contributed by atoms with E-state index in [1.807, 2.05) is 0 Å². The van der Waals surface area contributed by atoms with Crippen molar-refractivity contribution in [2.24, 2.45) is 5.41 Å². The van der Waals surface area contributed by atoms with Crippen LogP contribution in [0.15, 0.2) is 24.3 Å². The van der Waals surface area contributed by atoms with E-state index in [1.54, 1.807) is 17.0 Å². The fraction of sp³-hybridized carbons (Fsp3) is 0.500. The standard InChI is InChI=1S/C16H20FNO4/c1-22-11-16(15(20)21)8-9-18(10-16)14(19)7-4-12-2-5-13(17)6-3-12/h2-3,5-6H,4,7-11H2,1H3,(H,20,21). The number of carbonyl (C=O) groups excluding carboxylic acids is 1. The van der Waals surface area contributed by atoms with E-state index in [0.717, 1.165) is 5.56 Å². The summed E-state index contributed by atoms with van der Waals surface area (Å²) in [4.78, 5) is 25.2. The molecule has 1 aromatic rings. The summed E-state index contributed by atoms with van der Waals surface area (Å²) in [6.45, 7) is 0.709. The molecule has 2 rings (SSSR count). The molecule has 1 atom stereocenters. The number of rotatable bonds is 6. The maximum Gasteiger partial charge on any atom is 0.313 e. The molecule has 1 aliphatic rings. The molecule has 1 heterocycles. The number of hydrogen-bond donors (Lipinski definition) is 1. The van der Waals surface area contributed by atoms with Gasteiger partial charge in [0.25, 0.3) is 0 Å². The number of methoxy groups -OCH3 is 1. The third-order valence-corrected chi connectivity index (χ3v) is 4.12. The van der Waals surface area contributed by atoms with E-state index in [4.69, 9.17) is 4.74 Å². The van der Waals surface area contributed by atoms with Crippen molar-refractivity contribution in [1.82, 2.24) is 4.90 Å². The molecule has 0 radical (unpaired) electrons. The first kappa shape index (κ1) is 16.4. The van der Waals surface area contributed by atoms with Crippen molar-refractivity contribution >= 4 is 11.9 Å². The maximum atomic E-state index is 12.8. The van der Waals surface area contributed by atoms with E-state index in [0.29, 0.717) is 19.4 Å². The molecule has 5 nitrogen and oxygen atoms in total. The van der Waals surface area contributed by atoms with Crippen LogP contribution in [0.1, 0.15) is 18.4 Å². The molecule has 1 aromatic carbocycles. The molecule has 1 amide bonds. The van der Waals surface area contributed by atoms with E-state index in [-0.39, 0.29) is 31.3 Å². The summed E-state index contributed by atoms with van der Waals surface area (Å²) >= 11 is 0. The van der Waals surface area contributed by atoms with E-state index in [1.165, 1.54) is 19.2 Å². The first-order valence-electron chi connectivity index (χ1n) is 7.21. The van der Waals surface area contributed by atoms with Crippen LogP contribution >= 0.6 is 0 Å². The highest BCUT2D eigenvalue weighted by molar-refractivity contribution is 5.81. The lowest BCUT2D eigenvalue weighted by Crippen LogP contribution is -2.40. The van der Waals surface area contributed by atoms with E-state index >= 15 is 0 Å². The monoisotopic (exact) mass is 309 g/mol. The first-order valence-corrected chi connectivity index (χ1v) is 7.21. The van der Waals surface area contributed by atoms with Gasteiger partial charge in [0, 0.05) is 26.6 Å². The van der Waals surface area contributed by atoms with Gasteiger partial charge in [-0.1, -0.05) is 12.1 Å². The predicted octanol–water partition coefficient (Wildman–Crippen LogP) is 1.71. The molecule has 120 valence electrons. The van der Waals surface area contributed by atoms with Gasteiger partial charge in [-0.25, -0.2) is 4.39 Å². The second-order valence-corrected chi connectivity index (χ2v) is 5.71. The molecule has 0 spiro atoms. The Hall–Kier alpha value is -1.95. The second kappa shape index (κ2) is 6.87. The van der Waals surface area contributed by atoms with Gasteiger partial charge in [-0.2, -0.15) is 0 Å². The number of nitrogens with zero attached hydrogens (tertiary/aromatic N) is 1. The fourth-order valence-corrected chi connectivity index (χ4v) is 2.78. The van der Waals surface area contributed by atoms with Crippen LogP contribution in [0.2, 0.25) is 0 Å². The number of halogens is 1. The van der Waals surface area contributed by atoms with Crippen molar-refractivity contribution in [1.29, 1.82) is 0 Å². The Kier molecular flexibility index (Phi) is 5.13. The predicted molar refractivity (Wildman–Crippen MR) is 77.9 cm³/mol. The Balaban J connectivity index is 1.91. The molecule has 0 aliphatic carbocycles. The Morgan fingerprint density at radius 3 is 2.64 bits per heavy atom. The van der Waals surface area contributed by atoms with Gasteiger partial charge < -0.3 is 14.7 Å². The van der Waals surface area contributed by atoms with Gasteiger partial charge in [-0.3, -0.25) is 9.59 Å². The van der Waals surface area contributed by atoms with Gasteiger partial charge in [-0.05, 0) is 30.5 Å². The Labute approximate surface area is 128 Å². The highest BCUT2D eigenvalue weighted by Gasteiger charge is 2.46. The van der Waals surface area contributed by atoms with Crippen molar-refractivity contribution in [2.75, 3.05) is 26.8 Å². The zero-order valence-electron chi connectivity index (χ0n) is 12.5. The lowest BCUT2D eigenvalue weighted by molar-refractivity contribution is -0.151. The zero-order valence-corrected chi connectivity index (χ0v) is 12.5. The normalized spacial score (nSPS) is 21.1. The quantitative estimate of drug-likeness (QED) is 0.868. The smallest absolute Gasteiger partial charge is 0.313 e.